The van der Waals surface area contributed by atoms with Crippen molar-refractivity contribution in [2.75, 3.05) is 18.5 Å². The predicted octanol–water partition coefficient (Wildman–Crippen LogP) is 2.98. The summed E-state index contributed by atoms with van der Waals surface area (Å²) >= 11 is 0. The van der Waals surface area contributed by atoms with Crippen molar-refractivity contribution in [3.8, 4) is 0 Å². The van der Waals surface area contributed by atoms with Crippen molar-refractivity contribution in [2.24, 2.45) is 0 Å². The second-order valence-corrected chi connectivity index (χ2v) is 3.96. The van der Waals surface area contributed by atoms with Gasteiger partial charge in [0.25, 0.3) is 0 Å². The molecule has 1 heterocycles. The number of ether oxygens (including phenoxy) is 1. The molecule has 100 valence electrons. The van der Waals surface area contributed by atoms with Crippen LogP contribution in [-0.4, -0.2) is 24.1 Å². The third-order valence-electron chi connectivity index (χ3n) is 2.68. The van der Waals surface area contributed by atoms with Crippen LogP contribution in [0.25, 0.3) is 10.9 Å². The first-order valence-corrected chi connectivity index (χ1v) is 6.16. The van der Waals surface area contributed by atoms with Crippen LogP contribution in [0.3, 0.4) is 0 Å². The Morgan fingerprint density at radius 1 is 1.42 bits per heavy atom. The topological polar surface area (TPSA) is 51.2 Å². The molecule has 2 rings (SSSR count). The van der Waals surface area contributed by atoms with Crippen LogP contribution in [0.2, 0.25) is 0 Å². The molecule has 0 aliphatic heterocycles. The Kier molecular flexibility index (Phi) is 3.94. The highest BCUT2D eigenvalue weighted by Gasteiger charge is 2.16. The summed E-state index contributed by atoms with van der Waals surface area (Å²) in [5.74, 6) is -0.788. The minimum atomic E-state index is -0.433. The van der Waals surface area contributed by atoms with E-state index in [1.165, 1.54) is 18.3 Å². The maximum absolute atomic E-state index is 13.2. The summed E-state index contributed by atoms with van der Waals surface area (Å²) in [6, 6.07) is 4.29. The van der Waals surface area contributed by atoms with E-state index < -0.39 is 5.97 Å². The molecule has 19 heavy (non-hydrogen) atoms. The van der Waals surface area contributed by atoms with E-state index in [2.05, 4.69) is 10.3 Å². The fraction of sp³-hybridized carbons (Fsp3) is 0.286. The third kappa shape index (κ3) is 2.65. The van der Waals surface area contributed by atoms with Gasteiger partial charge in [0.2, 0.25) is 0 Å². The summed E-state index contributed by atoms with van der Waals surface area (Å²) in [6.45, 7) is 4.61. The molecule has 0 atom stereocenters. The fourth-order valence-corrected chi connectivity index (χ4v) is 1.90. The van der Waals surface area contributed by atoms with Gasteiger partial charge in [-0.05, 0) is 26.0 Å². The van der Waals surface area contributed by atoms with Crippen LogP contribution >= 0.6 is 0 Å². The third-order valence-corrected chi connectivity index (χ3v) is 2.68. The van der Waals surface area contributed by atoms with Crippen molar-refractivity contribution < 1.29 is 13.9 Å². The van der Waals surface area contributed by atoms with Crippen molar-refractivity contribution in [1.82, 2.24) is 4.98 Å². The second-order valence-electron chi connectivity index (χ2n) is 3.96. The van der Waals surface area contributed by atoms with Gasteiger partial charge < -0.3 is 10.1 Å². The first-order chi connectivity index (χ1) is 9.17. The molecule has 0 saturated heterocycles. The number of carbonyl (C=O) groups excluding carboxylic acids is 1. The average molecular weight is 262 g/mol. The molecule has 0 unspecified atom stereocenters. The van der Waals surface area contributed by atoms with E-state index in [1.807, 2.05) is 6.92 Å². The predicted molar refractivity (Wildman–Crippen MR) is 71.8 cm³/mol. The van der Waals surface area contributed by atoms with Crippen molar-refractivity contribution in [1.29, 1.82) is 0 Å². The Bertz CT molecular complexity index is 614. The Balaban J connectivity index is 2.61. The molecule has 1 N–H and O–H groups in total. The highest BCUT2D eigenvalue weighted by Crippen LogP contribution is 2.27. The maximum atomic E-state index is 13.2. The number of fused-ring (bicyclic) bond motifs is 1. The number of halogens is 1. The standard InChI is InChI=1S/C14H15FN2O2/c1-3-16-13-10-6-5-9(15)7-12(10)17-8-11(13)14(18)19-4-2/h5-8H,3-4H2,1-2H3,(H,16,17). The van der Waals surface area contributed by atoms with Gasteiger partial charge in [0.1, 0.15) is 11.4 Å². The molecule has 0 saturated carbocycles. The zero-order chi connectivity index (χ0) is 13.8. The lowest BCUT2D eigenvalue weighted by Gasteiger charge is -2.12. The molecular weight excluding hydrogens is 247 g/mol. The zero-order valence-electron chi connectivity index (χ0n) is 10.9. The van der Waals surface area contributed by atoms with E-state index in [-0.39, 0.29) is 5.82 Å². The summed E-state index contributed by atoms with van der Waals surface area (Å²) in [7, 11) is 0. The lowest BCUT2D eigenvalue weighted by molar-refractivity contribution is 0.0527. The van der Waals surface area contributed by atoms with Gasteiger partial charge in [-0.3, -0.25) is 4.98 Å². The van der Waals surface area contributed by atoms with E-state index >= 15 is 0 Å². The molecule has 0 fully saturated rings. The summed E-state index contributed by atoms with van der Waals surface area (Å²) in [6.07, 6.45) is 1.41. The number of hydrogen-bond donors (Lipinski definition) is 1. The molecular formula is C14H15FN2O2. The number of aromatic nitrogens is 1. The number of rotatable bonds is 4. The molecule has 2 aromatic rings. The summed E-state index contributed by atoms with van der Waals surface area (Å²) < 4.78 is 18.2. The Morgan fingerprint density at radius 2 is 2.21 bits per heavy atom. The van der Waals surface area contributed by atoms with Crippen molar-refractivity contribution >= 4 is 22.6 Å². The molecule has 0 radical (unpaired) electrons. The lowest BCUT2D eigenvalue weighted by Crippen LogP contribution is -2.11. The molecule has 0 bridgehead atoms. The van der Waals surface area contributed by atoms with Crippen molar-refractivity contribution in [3.63, 3.8) is 0 Å². The largest absolute Gasteiger partial charge is 0.462 e. The monoisotopic (exact) mass is 262 g/mol. The number of benzene rings is 1. The van der Waals surface area contributed by atoms with Crippen molar-refractivity contribution in [2.45, 2.75) is 13.8 Å². The van der Waals surface area contributed by atoms with Gasteiger partial charge in [0, 0.05) is 24.2 Å². The zero-order valence-corrected chi connectivity index (χ0v) is 10.9. The van der Waals surface area contributed by atoms with E-state index in [0.717, 1.165) is 0 Å². The van der Waals surface area contributed by atoms with Crippen LogP contribution in [-0.2, 0) is 4.74 Å². The van der Waals surface area contributed by atoms with Crippen LogP contribution in [0, 0.1) is 5.82 Å². The van der Waals surface area contributed by atoms with Crippen LogP contribution in [0.5, 0.6) is 0 Å². The highest BCUT2D eigenvalue weighted by molar-refractivity contribution is 6.04. The normalized spacial score (nSPS) is 10.5. The fourth-order valence-electron chi connectivity index (χ4n) is 1.90. The minimum Gasteiger partial charge on any atom is -0.462 e. The first kappa shape index (κ1) is 13.3. The van der Waals surface area contributed by atoms with E-state index in [0.29, 0.717) is 35.3 Å². The van der Waals surface area contributed by atoms with Gasteiger partial charge in [0.15, 0.2) is 0 Å². The molecule has 0 amide bonds. The molecule has 0 spiro atoms. The Morgan fingerprint density at radius 3 is 2.89 bits per heavy atom. The van der Waals surface area contributed by atoms with E-state index in [4.69, 9.17) is 4.74 Å². The summed E-state index contributed by atoms with van der Waals surface area (Å²) in [5.41, 5.74) is 1.50. The SMILES string of the molecule is CCNc1c(C(=O)OCC)cnc2cc(F)ccc12. The minimum absolute atomic E-state index is 0.297. The van der Waals surface area contributed by atoms with E-state index in [9.17, 15) is 9.18 Å². The van der Waals surface area contributed by atoms with Crippen LogP contribution in [0.1, 0.15) is 24.2 Å². The average Bonchev–Trinajstić information content (AvgIpc) is 2.39. The number of hydrogen-bond acceptors (Lipinski definition) is 4. The molecule has 4 nitrogen and oxygen atoms in total. The Hall–Kier alpha value is -2.17. The molecule has 5 heteroatoms. The summed E-state index contributed by atoms with van der Waals surface area (Å²) in [4.78, 5) is 16.0. The first-order valence-electron chi connectivity index (χ1n) is 6.16. The number of esters is 1. The number of nitrogens with one attached hydrogen (secondary N) is 1. The smallest absolute Gasteiger partial charge is 0.341 e. The number of nitrogens with zero attached hydrogens (tertiary/aromatic N) is 1. The van der Waals surface area contributed by atoms with Gasteiger partial charge >= 0.3 is 5.97 Å². The number of anilines is 1. The van der Waals surface area contributed by atoms with Crippen LogP contribution < -0.4 is 5.32 Å². The van der Waals surface area contributed by atoms with E-state index in [1.54, 1.807) is 13.0 Å². The van der Waals surface area contributed by atoms with Gasteiger partial charge in [0.05, 0.1) is 17.8 Å². The number of carbonyl (C=O) groups is 1. The Labute approximate surface area is 110 Å². The van der Waals surface area contributed by atoms with Gasteiger partial charge in [-0.1, -0.05) is 0 Å². The molecule has 0 aliphatic rings. The quantitative estimate of drug-likeness (QED) is 0.861. The molecule has 1 aromatic heterocycles. The number of pyridine rings is 1. The highest BCUT2D eigenvalue weighted by atomic mass is 19.1. The van der Waals surface area contributed by atoms with Crippen molar-refractivity contribution in [3.05, 3.63) is 35.8 Å². The second kappa shape index (κ2) is 5.65. The van der Waals surface area contributed by atoms with Crippen LogP contribution in [0.15, 0.2) is 24.4 Å². The molecule has 0 aliphatic carbocycles. The maximum Gasteiger partial charge on any atom is 0.341 e. The van der Waals surface area contributed by atoms with Gasteiger partial charge in [-0.15, -0.1) is 0 Å². The van der Waals surface area contributed by atoms with Gasteiger partial charge in [-0.25, -0.2) is 9.18 Å². The van der Waals surface area contributed by atoms with Gasteiger partial charge in [-0.2, -0.15) is 0 Å². The lowest BCUT2D eigenvalue weighted by atomic mass is 10.1. The van der Waals surface area contributed by atoms with Crippen LogP contribution in [0.4, 0.5) is 10.1 Å². The molecule has 1 aromatic carbocycles. The summed E-state index contributed by atoms with van der Waals surface area (Å²) in [5, 5.41) is 3.82.